The van der Waals surface area contributed by atoms with Gasteiger partial charge in [-0.05, 0) is 73.3 Å². The predicted molar refractivity (Wildman–Crippen MR) is 123 cm³/mol. The standard InChI is InChI=1S/C26H25F3N3O2/c1-2-21-9-6-14-32(21)17-20-15-24(31-25(33)19-7-4-3-5-8-19)30-16-23(20)18-10-12-22(13-11-18)34-26(27,28)29/h4-5,7-8,10-13,15-16,21H,2,6,9,14,17H2,1H3,(H,30,31,33)/t21-/m1/s1. The van der Waals surface area contributed by atoms with Gasteiger partial charge in [-0.3, -0.25) is 9.69 Å². The fourth-order valence-corrected chi connectivity index (χ4v) is 4.30. The van der Waals surface area contributed by atoms with Crippen LogP contribution in [0.25, 0.3) is 11.1 Å². The highest BCUT2D eigenvalue weighted by atomic mass is 19.4. The molecule has 0 spiro atoms. The number of carbonyl (C=O) groups is 1. The highest BCUT2D eigenvalue weighted by molar-refractivity contribution is 6.03. The number of pyridine rings is 1. The van der Waals surface area contributed by atoms with Crippen LogP contribution in [0.15, 0.2) is 60.8 Å². The summed E-state index contributed by atoms with van der Waals surface area (Å²) in [4.78, 5) is 19.4. The largest absolute Gasteiger partial charge is 0.573 e. The molecule has 1 radical (unpaired) electrons. The van der Waals surface area contributed by atoms with Crippen molar-refractivity contribution in [1.82, 2.24) is 9.88 Å². The quantitative estimate of drug-likeness (QED) is 0.457. The number of nitrogens with one attached hydrogen (secondary N) is 1. The van der Waals surface area contributed by atoms with Crippen molar-refractivity contribution >= 4 is 11.7 Å². The van der Waals surface area contributed by atoms with Gasteiger partial charge < -0.3 is 10.1 Å². The molecule has 4 rings (SSSR count). The van der Waals surface area contributed by atoms with Crippen LogP contribution in [0.2, 0.25) is 0 Å². The zero-order valence-corrected chi connectivity index (χ0v) is 18.7. The Morgan fingerprint density at radius 1 is 1.21 bits per heavy atom. The second kappa shape index (κ2) is 10.3. The summed E-state index contributed by atoms with van der Waals surface area (Å²) < 4.78 is 41.6. The van der Waals surface area contributed by atoms with Crippen LogP contribution in [0.3, 0.4) is 0 Å². The van der Waals surface area contributed by atoms with E-state index in [1.54, 1.807) is 42.6 Å². The van der Waals surface area contributed by atoms with Crippen LogP contribution in [0, 0.1) is 6.07 Å². The van der Waals surface area contributed by atoms with Crippen molar-refractivity contribution in [2.75, 3.05) is 11.9 Å². The number of halogens is 3. The number of alkyl halides is 3. The number of rotatable bonds is 7. The number of nitrogens with zero attached hydrogens (tertiary/aromatic N) is 2. The molecule has 1 aliphatic rings. The van der Waals surface area contributed by atoms with Crippen molar-refractivity contribution in [3.8, 4) is 16.9 Å². The van der Waals surface area contributed by atoms with Crippen LogP contribution >= 0.6 is 0 Å². The van der Waals surface area contributed by atoms with Crippen molar-refractivity contribution in [3.63, 3.8) is 0 Å². The van der Waals surface area contributed by atoms with Gasteiger partial charge in [0.05, 0.1) is 0 Å². The molecule has 1 amide bonds. The van der Waals surface area contributed by atoms with Crippen molar-refractivity contribution in [2.45, 2.75) is 45.1 Å². The molecule has 0 bridgehead atoms. The van der Waals surface area contributed by atoms with Gasteiger partial charge in [0.1, 0.15) is 11.6 Å². The Bertz CT molecular complexity index is 1120. The van der Waals surface area contributed by atoms with Crippen LogP contribution in [-0.2, 0) is 6.54 Å². The molecule has 2 aromatic carbocycles. The first-order valence-corrected chi connectivity index (χ1v) is 11.2. The molecular formula is C26H25F3N3O2. The van der Waals surface area contributed by atoms with Gasteiger partial charge >= 0.3 is 6.36 Å². The summed E-state index contributed by atoms with van der Waals surface area (Å²) >= 11 is 0. The van der Waals surface area contributed by atoms with Crippen LogP contribution in [0.1, 0.15) is 42.1 Å². The lowest BCUT2D eigenvalue weighted by Gasteiger charge is -2.25. The van der Waals surface area contributed by atoms with E-state index in [9.17, 15) is 18.0 Å². The average Bonchev–Trinajstić information content (AvgIpc) is 3.26. The fraction of sp³-hybridized carbons (Fsp3) is 0.308. The average molecular weight is 468 g/mol. The lowest BCUT2D eigenvalue weighted by atomic mass is 10.0. The summed E-state index contributed by atoms with van der Waals surface area (Å²) in [7, 11) is 0. The van der Waals surface area contributed by atoms with Crippen molar-refractivity contribution < 1.29 is 22.7 Å². The summed E-state index contributed by atoms with van der Waals surface area (Å²) in [5, 5.41) is 2.83. The van der Waals surface area contributed by atoms with Crippen LogP contribution in [-0.4, -0.2) is 34.7 Å². The van der Waals surface area contributed by atoms with E-state index in [0.29, 0.717) is 24.0 Å². The maximum atomic E-state index is 12.6. The van der Waals surface area contributed by atoms with Crippen molar-refractivity contribution in [3.05, 3.63) is 78.0 Å². The van der Waals surface area contributed by atoms with Crippen LogP contribution < -0.4 is 10.1 Å². The van der Waals surface area contributed by atoms with E-state index >= 15 is 0 Å². The minimum absolute atomic E-state index is 0.276. The van der Waals surface area contributed by atoms with E-state index in [4.69, 9.17) is 0 Å². The van der Waals surface area contributed by atoms with Crippen molar-refractivity contribution in [2.24, 2.45) is 0 Å². The Morgan fingerprint density at radius 3 is 2.62 bits per heavy atom. The van der Waals surface area contributed by atoms with Gasteiger partial charge in [-0.1, -0.05) is 31.2 Å². The summed E-state index contributed by atoms with van der Waals surface area (Å²) in [6.07, 6.45) is 0.209. The summed E-state index contributed by atoms with van der Waals surface area (Å²) in [5.41, 5.74) is 2.96. The molecule has 0 aliphatic carbocycles. The molecule has 2 heterocycles. The Kier molecular flexibility index (Phi) is 7.17. The third-order valence-corrected chi connectivity index (χ3v) is 5.95. The first-order chi connectivity index (χ1) is 16.3. The molecule has 0 saturated carbocycles. The Labute approximate surface area is 196 Å². The smallest absolute Gasteiger partial charge is 0.406 e. The number of aromatic nitrogens is 1. The van der Waals surface area contributed by atoms with E-state index in [1.165, 1.54) is 12.1 Å². The fourth-order valence-electron chi connectivity index (χ4n) is 4.30. The molecule has 177 valence electrons. The molecule has 1 N–H and O–H groups in total. The molecule has 8 heteroatoms. The minimum Gasteiger partial charge on any atom is -0.406 e. The minimum atomic E-state index is -4.74. The maximum Gasteiger partial charge on any atom is 0.573 e. The predicted octanol–water partition coefficient (Wildman–Crippen LogP) is 6.07. The number of hydrogen-bond donors (Lipinski definition) is 1. The first kappa shape index (κ1) is 23.8. The zero-order valence-electron chi connectivity index (χ0n) is 18.7. The Hall–Kier alpha value is -3.39. The van der Waals surface area contributed by atoms with Gasteiger partial charge in [-0.2, -0.15) is 0 Å². The monoisotopic (exact) mass is 468 g/mol. The number of amides is 1. The summed E-state index contributed by atoms with van der Waals surface area (Å²) in [6, 6.07) is 17.6. The second-order valence-electron chi connectivity index (χ2n) is 8.22. The number of likely N-dealkylation sites (tertiary alicyclic amines) is 1. The van der Waals surface area contributed by atoms with E-state index < -0.39 is 6.36 Å². The van der Waals surface area contributed by atoms with Crippen LogP contribution in [0.5, 0.6) is 5.75 Å². The number of hydrogen-bond acceptors (Lipinski definition) is 4. The number of anilines is 1. The zero-order chi connectivity index (χ0) is 24.1. The highest BCUT2D eigenvalue weighted by Crippen LogP contribution is 2.31. The third-order valence-electron chi connectivity index (χ3n) is 5.95. The lowest BCUT2D eigenvalue weighted by Crippen LogP contribution is -2.28. The summed E-state index contributed by atoms with van der Waals surface area (Å²) in [6.45, 7) is 3.79. The molecule has 1 fully saturated rings. The molecule has 34 heavy (non-hydrogen) atoms. The number of benzene rings is 2. The Morgan fingerprint density at radius 2 is 1.94 bits per heavy atom. The Balaban J connectivity index is 1.63. The van der Waals surface area contributed by atoms with E-state index in [-0.39, 0.29) is 11.7 Å². The molecule has 1 aromatic heterocycles. The van der Waals surface area contributed by atoms with Gasteiger partial charge in [0.15, 0.2) is 0 Å². The van der Waals surface area contributed by atoms with Gasteiger partial charge in [0.2, 0.25) is 0 Å². The molecule has 0 unspecified atom stereocenters. The molecule has 5 nitrogen and oxygen atoms in total. The van der Waals surface area contributed by atoms with E-state index in [2.05, 4.69) is 32.9 Å². The van der Waals surface area contributed by atoms with Crippen molar-refractivity contribution in [1.29, 1.82) is 0 Å². The molecular weight excluding hydrogens is 443 g/mol. The summed E-state index contributed by atoms with van der Waals surface area (Å²) in [5.74, 6) is -0.136. The SMILES string of the molecule is CC[C@@H]1CCCN1Cc1cc(NC(=O)c2cc[c]cc2)ncc1-c1ccc(OC(F)(F)F)cc1. The highest BCUT2D eigenvalue weighted by Gasteiger charge is 2.31. The van der Waals surface area contributed by atoms with Gasteiger partial charge in [0.25, 0.3) is 5.91 Å². The number of ether oxygens (including phenoxy) is 1. The van der Waals surface area contributed by atoms with Crippen LogP contribution in [0.4, 0.5) is 19.0 Å². The first-order valence-electron chi connectivity index (χ1n) is 11.2. The van der Waals surface area contributed by atoms with E-state index in [0.717, 1.165) is 42.5 Å². The molecule has 1 saturated heterocycles. The number of carbonyl (C=O) groups excluding carboxylic acids is 1. The maximum absolute atomic E-state index is 12.6. The van der Waals surface area contributed by atoms with E-state index in [1.807, 2.05) is 6.07 Å². The van der Waals surface area contributed by atoms with Gasteiger partial charge in [-0.15, -0.1) is 13.2 Å². The lowest BCUT2D eigenvalue weighted by molar-refractivity contribution is -0.274. The second-order valence-corrected chi connectivity index (χ2v) is 8.22. The molecule has 1 atom stereocenters. The topological polar surface area (TPSA) is 54.5 Å². The molecule has 1 aliphatic heterocycles. The molecule has 3 aromatic rings. The normalized spacial score (nSPS) is 16.4. The third kappa shape index (κ3) is 5.94. The van der Waals surface area contributed by atoms with Gasteiger partial charge in [-0.25, -0.2) is 4.98 Å². The van der Waals surface area contributed by atoms with Gasteiger partial charge in [0, 0.05) is 29.9 Å².